The van der Waals surface area contributed by atoms with Crippen LogP contribution in [0.1, 0.15) is 107 Å². The van der Waals surface area contributed by atoms with Crippen molar-refractivity contribution in [2.75, 3.05) is 13.2 Å². The first-order valence-electron chi connectivity index (χ1n) is 17.2. The summed E-state index contributed by atoms with van der Waals surface area (Å²) in [5, 5.41) is 0. The highest BCUT2D eigenvalue weighted by molar-refractivity contribution is 5.35. The van der Waals surface area contributed by atoms with Gasteiger partial charge in [-0.1, -0.05) is 38.3 Å². The van der Waals surface area contributed by atoms with Crippen molar-refractivity contribution in [2.45, 2.75) is 121 Å². The summed E-state index contributed by atoms with van der Waals surface area (Å²) in [4.78, 5) is 0. The molecule has 274 valence electrons. The first-order valence-corrected chi connectivity index (χ1v) is 17.2. The number of hydrogen-bond acceptors (Lipinski definition) is 4. The van der Waals surface area contributed by atoms with Crippen LogP contribution in [-0.2, 0) is 9.47 Å². The smallest absolute Gasteiger partial charge is 0.432 e. The van der Waals surface area contributed by atoms with Crippen LogP contribution in [0.3, 0.4) is 0 Å². The van der Waals surface area contributed by atoms with Gasteiger partial charge in [-0.15, -0.1) is 0 Å². The van der Waals surface area contributed by atoms with Crippen LogP contribution in [0.5, 0.6) is 11.5 Å². The van der Waals surface area contributed by atoms with Gasteiger partial charge in [0.15, 0.2) is 23.7 Å². The van der Waals surface area contributed by atoms with Gasteiger partial charge in [-0.25, -0.2) is 13.2 Å². The van der Waals surface area contributed by atoms with E-state index in [0.717, 1.165) is 50.9 Å². The largest absolute Gasteiger partial charge is 0.461 e. The Labute approximate surface area is 280 Å². The molecule has 0 atom stereocenters. The van der Waals surface area contributed by atoms with E-state index >= 15 is 13.2 Å². The Morgan fingerprint density at radius 2 is 1.37 bits per heavy atom. The van der Waals surface area contributed by atoms with Crippen molar-refractivity contribution in [1.29, 1.82) is 0 Å². The maximum atomic E-state index is 15.4. The van der Waals surface area contributed by atoms with E-state index in [1.807, 2.05) is 6.07 Å². The summed E-state index contributed by atoms with van der Waals surface area (Å²) in [5.41, 5.74) is 1.35. The Morgan fingerprint density at radius 1 is 0.755 bits per heavy atom. The standard InChI is InChI=1S/C36H43F9O4/c1-2-3-4-5-21-19-46-33(47-20-21)24-8-6-22(7-9-24)25-12-15-28(29(37)16-25)23-10-13-26(14-11-23)35(42,43)48-27-17-30(38)32(31(39)18-27)49-36(44,45)34(40)41/h12,15-18,21-24,26,33-34H,2-11,13-14,19-20H2,1H3. The maximum Gasteiger partial charge on any atom is 0.461 e. The van der Waals surface area contributed by atoms with Gasteiger partial charge < -0.3 is 18.9 Å². The van der Waals surface area contributed by atoms with Crippen molar-refractivity contribution in [3.05, 3.63) is 58.9 Å². The topological polar surface area (TPSA) is 36.9 Å². The highest BCUT2D eigenvalue weighted by atomic mass is 19.3. The molecule has 2 saturated carbocycles. The van der Waals surface area contributed by atoms with Crippen molar-refractivity contribution < 1.29 is 58.5 Å². The van der Waals surface area contributed by atoms with E-state index in [4.69, 9.17) is 9.47 Å². The lowest BCUT2D eigenvalue weighted by molar-refractivity contribution is -0.255. The molecule has 13 heteroatoms. The highest BCUT2D eigenvalue weighted by Crippen LogP contribution is 2.46. The molecule has 49 heavy (non-hydrogen) atoms. The van der Waals surface area contributed by atoms with Crippen molar-refractivity contribution >= 4 is 0 Å². The lowest BCUT2D eigenvalue weighted by Crippen LogP contribution is -2.38. The second kappa shape index (κ2) is 16.1. The van der Waals surface area contributed by atoms with Crippen LogP contribution >= 0.6 is 0 Å². The zero-order valence-electron chi connectivity index (χ0n) is 27.4. The Balaban J connectivity index is 1.10. The lowest BCUT2D eigenvalue weighted by Gasteiger charge is -2.38. The number of unbranched alkanes of at least 4 members (excludes halogenated alkanes) is 2. The molecule has 2 aromatic carbocycles. The number of rotatable bonds is 13. The molecule has 0 bridgehead atoms. The first kappa shape index (κ1) is 37.6. The van der Waals surface area contributed by atoms with Gasteiger partial charge in [0.2, 0.25) is 0 Å². The van der Waals surface area contributed by atoms with Gasteiger partial charge in [0, 0.05) is 24.0 Å². The zero-order valence-corrected chi connectivity index (χ0v) is 27.4. The lowest BCUT2D eigenvalue weighted by atomic mass is 9.76. The summed E-state index contributed by atoms with van der Waals surface area (Å²) >= 11 is 0. The average molecular weight is 711 g/mol. The molecule has 3 aliphatic rings. The molecule has 1 heterocycles. The normalized spacial score (nSPS) is 26.9. The van der Waals surface area contributed by atoms with Gasteiger partial charge in [0.25, 0.3) is 0 Å². The van der Waals surface area contributed by atoms with E-state index in [-0.39, 0.29) is 61.8 Å². The molecule has 1 saturated heterocycles. The van der Waals surface area contributed by atoms with Gasteiger partial charge in [-0.2, -0.15) is 26.3 Å². The summed E-state index contributed by atoms with van der Waals surface area (Å²) in [7, 11) is 0. The highest BCUT2D eigenvalue weighted by Gasteiger charge is 2.47. The molecule has 1 aliphatic heterocycles. The molecule has 0 spiro atoms. The zero-order chi connectivity index (χ0) is 35.3. The average Bonchev–Trinajstić information content (AvgIpc) is 3.07. The SMILES string of the molecule is CCCCCC1COC(C2CCC(c3ccc(C4CCC(C(F)(F)Oc5cc(F)c(OC(F)(F)C(F)F)c(F)c5)CC4)c(F)c3)CC2)OC1. The minimum atomic E-state index is -5.20. The third-order valence-corrected chi connectivity index (χ3v) is 10.2. The number of alkyl halides is 6. The Bertz CT molecular complexity index is 1340. The molecule has 3 fully saturated rings. The predicted molar refractivity (Wildman–Crippen MR) is 163 cm³/mol. The fourth-order valence-corrected chi connectivity index (χ4v) is 7.39. The molecule has 2 aliphatic carbocycles. The summed E-state index contributed by atoms with van der Waals surface area (Å²) < 4.78 is 145. The number of hydrogen-bond donors (Lipinski definition) is 0. The van der Waals surface area contributed by atoms with Gasteiger partial charge in [0.05, 0.1) is 19.1 Å². The fourth-order valence-electron chi connectivity index (χ4n) is 7.39. The van der Waals surface area contributed by atoms with E-state index in [1.54, 1.807) is 12.1 Å². The maximum absolute atomic E-state index is 15.4. The summed E-state index contributed by atoms with van der Waals surface area (Å²) in [5.74, 6) is -7.83. The molecule has 0 radical (unpaired) electrons. The summed E-state index contributed by atoms with van der Waals surface area (Å²) in [6.45, 7) is 3.65. The molecule has 0 aromatic heterocycles. The third-order valence-electron chi connectivity index (χ3n) is 10.2. The Hall–Kier alpha value is -2.67. The van der Waals surface area contributed by atoms with Gasteiger partial charge >= 0.3 is 18.6 Å². The van der Waals surface area contributed by atoms with Crippen molar-refractivity contribution in [3.8, 4) is 11.5 Å². The van der Waals surface area contributed by atoms with Gasteiger partial charge in [-0.3, -0.25) is 0 Å². The first-order chi connectivity index (χ1) is 23.3. The summed E-state index contributed by atoms with van der Waals surface area (Å²) in [6.07, 6.45) is -5.09. The number of benzene rings is 2. The minimum Gasteiger partial charge on any atom is -0.432 e. The fraction of sp³-hybridized carbons (Fsp3) is 0.667. The molecular weight excluding hydrogens is 667 g/mol. The van der Waals surface area contributed by atoms with Gasteiger partial charge in [0.1, 0.15) is 11.6 Å². The predicted octanol–water partition coefficient (Wildman–Crippen LogP) is 11.1. The van der Waals surface area contributed by atoms with E-state index < -0.39 is 47.7 Å². The van der Waals surface area contributed by atoms with Crippen molar-refractivity contribution in [3.63, 3.8) is 0 Å². The minimum absolute atomic E-state index is 0.0829. The molecule has 5 rings (SSSR count). The van der Waals surface area contributed by atoms with Crippen LogP contribution in [-0.4, -0.2) is 38.1 Å². The molecule has 0 unspecified atom stereocenters. The second-order valence-corrected chi connectivity index (χ2v) is 13.7. The Kier molecular flexibility index (Phi) is 12.4. The second-order valence-electron chi connectivity index (χ2n) is 13.7. The molecule has 0 N–H and O–H groups in total. The summed E-state index contributed by atoms with van der Waals surface area (Å²) in [6, 6.07) is 5.51. The molecule has 2 aromatic rings. The quantitative estimate of drug-likeness (QED) is 0.153. The van der Waals surface area contributed by atoms with Crippen molar-refractivity contribution in [2.24, 2.45) is 17.8 Å². The molecule has 0 amide bonds. The van der Waals surface area contributed by atoms with Crippen LogP contribution in [0, 0.1) is 35.2 Å². The van der Waals surface area contributed by atoms with Crippen LogP contribution in [0.4, 0.5) is 39.5 Å². The van der Waals surface area contributed by atoms with Crippen molar-refractivity contribution in [1.82, 2.24) is 0 Å². The van der Waals surface area contributed by atoms with E-state index in [2.05, 4.69) is 16.4 Å². The number of halogens is 9. The third kappa shape index (κ3) is 9.36. The van der Waals surface area contributed by atoms with Crippen LogP contribution < -0.4 is 9.47 Å². The van der Waals surface area contributed by atoms with Crippen LogP contribution in [0.25, 0.3) is 0 Å². The molecule has 4 nitrogen and oxygen atoms in total. The van der Waals surface area contributed by atoms with Crippen LogP contribution in [0.15, 0.2) is 30.3 Å². The van der Waals surface area contributed by atoms with Crippen LogP contribution in [0.2, 0.25) is 0 Å². The molecular formula is C36H43F9O4. The van der Waals surface area contributed by atoms with Gasteiger partial charge in [-0.05, 0) is 86.8 Å². The van der Waals surface area contributed by atoms with E-state index in [0.29, 0.717) is 17.4 Å². The van der Waals surface area contributed by atoms with E-state index in [9.17, 15) is 26.3 Å². The number of ether oxygens (including phenoxy) is 4. The monoisotopic (exact) mass is 710 g/mol. The van der Waals surface area contributed by atoms with E-state index in [1.165, 1.54) is 19.3 Å². The Morgan fingerprint density at radius 3 is 1.94 bits per heavy atom.